The number of ether oxygens (including phenoxy) is 1. The summed E-state index contributed by atoms with van der Waals surface area (Å²) in [6.45, 7) is 4.35. The zero-order valence-corrected chi connectivity index (χ0v) is 13.9. The maximum absolute atomic E-state index is 12.2. The molecule has 0 aliphatic heterocycles. The average Bonchev–Trinajstić information content (AvgIpc) is 2.94. The van der Waals surface area contributed by atoms with Gasteiger partial charge in [0.1, 0.15) is 10.8 Å². The first kappa shape index (κ1) is 16.5. The molecule has 0 saturated carbocycles. The number of aromatic nitrogens is 1. The summed E-state index contributed by atoms with van der Waals surface area (Å²) in [6.07, 6.45) is 0.260. The van der Waals surface area contributed by atoms with Crippen LogP contribution in [-0.2, 0) is 23.3 Å². The van der Waals surface area contributed by atoms with Crippen molar-refractivity contribution >= 4 is 17.2 Å². The van der Waals surface area contributed by atoms with Crippen molar-refractivity contribution in [3.63, 3.8) is 0 Å². The van der Waals surface area contributed by atoms with E-state index in [0.717, 1.165) is 22.0 Å². The Hall–Kier alpha value is -1.92. The summed E-state index contributed by atoms with van der Waals surface area (Å²) in [6, 6.07) is 7.68. The molecule has 0 saturated heterocycles. The molecular formula is C16H21N3O2S. The van der Waals surface area contributed by atoms with Crippen molar-refractivity contribution in [2.75, 3.05) is 7.11 Å². The van der Waals surface area contributed by atoms with E-state index in [9.17, 15) is 4.79 Å². The second-order valence-corrected chi connectivity index (χ2v) is 6.46. The Morgan fingerprint density at radius 1 is 1.36 bits per heavy atom. The molecule has 1 aromatic heterocycles. The zero-order chi connectivity index (χ0) is 16.2. The molecule has 0 radical (unpaired) electrons. The van der Waals surface area contributed by atoms with Crippen molar-refractivity contribution in [1.29, 1.82) is 0 Å². The zero-order valence-electron chi connectivity index (χ0n) is 13.1. The van der Waals surface area contributed by atoms with Crippen LogP contribution >= 0.6 is 11.3 Å². The van der Waals surface area contributed by atoms with Gasteiger partial charge in [-0.05, 0) is 31.5 Å². The number of carbonyl (C=O) groups is 1. The number of rotatable bonds is 6. The normalized spacial score (nSPS) is 11.3. The molecule has 0 spiro atoms. The molecule has 1 heterocycles. The van der Waals surface area contributed by atoms with Gasteiger partial charge >= 0.3 is 0 Å². The van der Waals surface area contributed by atoms with E-state index in [1.54, 1.807) is 7.11 Å². The number of benzene rings is 1. The lowest BCUT2D eigenvalue weighted by Gasteiger charge is -2.27. The first-order valence-corrected chi connectivity index (χ1v) is 7.91. The molecule has 6 heteroatoms. The van der Waals surface area contributed by atoms with Crippen LogP contribution in [0.15, 0.2) is 29.6 Å². The largest absolute Gasteiger partial charge is 0.497 e. The summed E-state index contributed by atoms with van der Waals surface area (Å²) < 4.78 is 5.15. The predicted octanol–water partition coefficient (Wildman–Crippen LogP) is 2.20. The van der Waals surface area contributed by atoms with E-state index in [2.05, 4.69) is 10.3 Å². The maximum atomic E-state index is 12.2. The Morgan fingerprint density at radius 3 is 2.59 bits per heavy atom. The van der Waals surface area contributed by atoms with E-state index < -0.39 is 5.54 Å². The van der Waals surface area contributed by atoms with Gasteiger partial charge in [-0.25, -0.2) is 4.98 Å². The summed E-state index contributed by atoms with van der Waals surface area (Å²) in [5.41, 5.74) is 6.84. The van der Waals surface area contributed by atoms with Gasteiger partial charge in [0, 0.05) is 11.9 Å². The van der Waals surface area contributed by atoms with Crippen LogP contribution in [0.5, 0.6) is 5.75 Å². The van der Waals surface area contributed by atoms with Gasteiger partial charge in [0.2, 0.25) is 5.91 Å². The van der Waals surface area contributed by atoms with Crippen LogP contribution in [0.4, 0.5) is 0 Å². The van der Waals surface area contributed by atoms with Crippen molar-refractivity contribution < 1.29 is 9.53 Å². The number of nitrogens with one attached hydrogen (secondary N) is 1. The number of nitrogens with two attached hydrogens (primary N) is 1. The third-order valence-corrected chi connectivity index (χ3v) is 4.30. The number of amides is 1. The molecule has 1 aromatic carbocycles. The SMILES string of the molecule is COc1ccc(C(C)(C)NC(=O)Cc2csc(CN)n2)cc1. The van der Waals surface area contributed by atoms with Crippen LogP contribution in [0.1, 0.15) is 30.1 Å². The van der Waals surface area contributed by atoms with Gasteiger partial charge < -0.3 is 15.8 Å². The number of carbonyl (C=O) groups excluding carboxylic acids is 1. The molecule has 2 aromatic rings. The molecule has 0 unspecified atom stereocenters. The average molecular weight is 319 g/mol. The van der Waals surface area contributed by atoms with Gasteiger partial charge in [-0.2, -0.15) is 0 Å². The van der Waals surface area contributed by atoms with Crippen LogP contribution in [0, 0.1) is 0 Å². The summed E-state index contributed by atoms with van der Waals surface area (Å²) in [5.74, 6) is 0.734. The number of hydrogen-bond acceptors (Lipinski definition) is 5. The summed E-state index contributed by atoms with van der Waals surface area (Å²) in [5, 5.41) is 5.76. The van der Waals surface area contributed by atoms with E-state index in [4.69, 9.17) is 10.5 Å². The Kier molecular flexibility index (Phi) is 5.15. The second-order valence-electron chi connectivity index (χ2n) is 5.52. The third-order valence-electron chi connectivity index (χ3n) is 3.38. The van der Waals surface area contributed by atoms with E-state index in [1.807, 2.05) is 43.5 Å². The van der Waals surface area contributed by atoms with Gasteiger partial charge in [-0.15, -0.1) is 11.3 Å². The molecule has 0 aliphatic rings. The highest BCUT2D eigenvalue weighted by Crippen LogP contribution is 2.23. The van der Waals surface area contributed by atoms with Gasteiger partial charge in [-0.1, -0.05) is 12.1 Å². The fourth-order valence-corrected chi connectivity index (χ4v) is 2.84. The van der Waals surface area contributed by atoms with Crippen LogP contribution in [0.2, 0.25) is 0 Å². The minimum absolute atomic E-state index is 0.0605. The van der Waals surface area contributed by atoms with Crippen LogP contribution < -0.4 is 15.8 Å². The third kappa shape index (κ3) is 4.05. The number of nitrogens with zero attached hydrogens (tertiary/aromatic N) is 1. The van der Waals surface area contributed by atoms with Crippen molar-refractivity contribution in [3.05, 3.63) is 45.9 Å². The van der Waals surface area contributed by atoms with Gasteiger partial charge in [0.25, 0.3) is 0 Å². The fourth-order valence-electron chi connectivity index (χ4n) is 2.16. The molecule has 0 bridgehead atoms. The molecule has 118 valence electrons. The van der Waals surface area contributed by atoms with Crippen molar-refractivity contribution in [2.24, 2.45) is 5.73 Å². The van der Waals surface area contributed by atoms with E-state index in [1.165, 1.54) is 11.3 Å². The molecule has 0 fully saturated rings. The predicted molar refractivity (Wildman–Crippen MR) is 87.9 cm³/mol. The smallest absolute Gasteiger partial charge is 0.226 e. The minimum Gasteiger partial charge on any atom is -0.497 e. The summed E-state index contributed by atoms with van der Waals surface area (Å²) in [7, 11) is 1.63. The van der Waals surface area contributed by atoms with Gasteiger partial charge in [-0.3, -0.25) is 4.79 Å². The van der Waals surface area contributed by atoms with Crippen molar-refractivity contribution in [2.45, 2.75) is 32.4 Å². The molecule has 0 aliphatic carbocycles. The maximum Gasteiger partial charge on any atom is 0.226 e. The highest BCUT2D eigenvalue weighted by molar-refractivity contribution is 7.09. The number of hydrogen-bond donors (Lipinski definition) is 2. The molecule has 0 atom stereocenters. The van der Waals surface area contributed by atoms with E-state index in [-0.39, 0.29) is 12.3 Å². The minimum atomic E-state index is -0.462. The quantitative estimate of drug-likeness (QED) is 0.856. The van der Waals surface area contributed by atoms with Crippen molar-refractivity contribution in [3.8, 4) is 5.75 Å². The highest BCUT2D eigenvalue weighted by atomic mass is 32.1. The van der Waals surface area contributed by atoms with Crippen LogP contribution in [0.25, 0.3) is 0 Å². The fraction of sp³-hybridized carbons (Fsp3) is 0.375. The van der Waals surface area contributed by atoms with Crippen LogP contribution in [0.3, 0.4) is 0 Å². The number of thiazole rings is 1. The Labute approximate surface area is 134 Å². The Bertz CT molecular complexity index is 635. The van der Waals surface area contributed by atoms with E-state index in [0.29, 0.717) is 6.54 Å². The van der Waals surface area contributed by atoms with Crippen LogP contribution in [-0.4, -0.2) is 18.0 Å². The lowest BCUT2D eigenvalue weighted by atomic mass is 9.94. The molecule has 3 N–H and O–H groups in total. The topological polar surface area (TPSA) is 77.2 Å². The molecular weight excluding hydrogens is 298 g/mol. The highest BCUT2D eigenvalue weighted by Gasteiger charge is 2.23. The van der Waals surface area contributed by atoms with Gasteiger partial charge in [0.15, 0.2) is 0 Å². The lowest BCUT2D eigenvalue weighted by Crippen LogP contribution is -2.41. The van der Waals surface area contributed by atoms with E-state index >= 15 is 0 Å². The first-order valence-electron chi connectivity index (χ1n) is 7.03. The monoisotopic (exact) mass is 319 g/mol. The summed E-state index contributed by atoms with van der Waals surface area (Å²) >= 11 is 1.48. The van der Waals surface area contributed by atoms with Crippen molar-refractivity contribution in [1.82, 2.24) is 10.3 Å². The Balaban J connectivity index is 2.01. The van der Waals surface area contributed by atoms with Gasteiger partial charge in [0.05, 0.1) is 24.8 Å². The summed E-state index contributed by atoms with van der Waals surface area (Å²) in [4.78, 5) is 16.5. The molecule has 5 nitrogen and oxygen atoms in total. The second kappa shape index (κ2) is 6.89. The molecule has 22 heavy (non-hydrogen) atoms. The Morgan fingerprint density at radius 2 is 2.05 bits per heavy atom. The lowest BCUT2D eigenvalue weighted by molar-refractivity contribution is -0.122. The molecule has 2 rings (SSSR count). The first-order chi connectivity index (χ1) is 10.4. The molecule has 1 amide bonds. The standard InChI is InChI=1S/C16H21N3O2S/c1-16(2,11-4-6-13(21-3)7-5-11)19-14(20)8-12-10-22-15(9-17)18-12/h4-7,10H,8-9,17H2,1-3H3,(H,19,20). The number of methoxy groups -OCH3 is 1.